The molecule has 0 aromatic heterocycles. The van der Waals surface area contributed by atoms with Gasteiger partial charge in [0.2, 0.25) is 5.91 Å². The van der Waals surface area contributed by atoms with Crippen molar-refractivity contribution >= 4 is 27.5 Å². The highest BCUT2D eigenvalue weighted by molar-refractivity contribution is 9.08. The molecule has 0 bridgehead atoms. The number of benzene rings is 1. The van der Waals surface area contributed by atoms with E-state index in [1.54, 1.807) is 0 Å². The van der Waals surface area contributed by atoms with Gasteiger partial charge in [-0.25, -0.2) is 0 Å². The van der Waals surface area contributed by atoms with E-state index >= 15 is 0 Å². The summed E-state index contributed by atoms with van der Waals surface area (Å²) in [5.74, 6) is 0.0363. The van der Waals surface area contributed by atoms with E-state index in [4.69, 9.17) is 0 Å². The van der Waals surface area contributed by atoms with Crippen molar-refractivity contribution in [2.45, 2.75) is 26.1 Å². The first-order valence-electron chi connectivity index (χ1n) is 4.90. The van der Waals surface area contributed by atoms with Crippen LogP contribution in [0.4, 0.5) is 5.69 Å². The van der Waals surface area contributed by atoms with E-state index in [1.807, 2.05) is 45.0 Å². The first-order valence-corrected chi connectivity index (χ1v) is 6.02. The van der Waals surface area contributed by atoms with E-state index < -0.39 is 0 Å². The maximum atomic E-state index is 11.7. The van der Waals surface area contributed by atoms with Crippen molar-refractivity contribution < 1.29 is 4.79 Å². The molecular formula is C12H16BrNO. The van der Waals surface area contributed by atoms with Gasteiger partial charge in [-0.05, 0) is 17.7 Å². The number of hydrogen-bond acceptors (Lipinski definition) is 1. The van der Waals surface area contributed by atoms with E-state index in [1.165, 1.54) is 0 Å². The first kappa shape index (κ1) is 12.2. The number of hydrogen-bond donors (Lipinski definition) is 1. The number of halogens is 1. The summed E-state index contributed by atoms with van der Waals surface area (Å²) in [6.45, 7) is 5.70. The lowest BCUT2D eigenvalue weighted by Crippen LogP contribution is -2.27. The quantitative estimate of drug-likeness (QED) is 0.818. The molecule has 0 heterocycles. The van der Waals surface area contributed by atoms with Gasteiger partial charge < -0.3 is 5.32 Å². The van der Waals surface area contributed by atoms with Crippen LogP contribution in [0.3, 0.4) is 0 Å². The molecule has 15 heavy (non-hydrogen) atoms. The largest absolute Gasteiger partial charge is 0.326 e. The molecule has 2 nitrogen and oxygen atoms in total. The number of nitrogens with one attached hydrogen (secondary N) is 1. The highest BCUT2D eigenvalue weighted by Crippen LogP contribution is 2.18. The molecule has 0 atom stereocenters. The Bertz CT molecular complexity index is 355. The molecule has 0 saturated carbocycles. The van der Waals surface area contributed by atoms with Gasteiger partial charge in [0.1, 0.15) is 0 Å². The second-order valence-corrected chi connectivity index (χ2v) is 5.10. The lowest BCUT2D eigenvalue weighted by atomic mass is 9.95. The fraction of sp³-hybridized carbons (Fsp3) is 0.417. The molecule has 0 spiro atoms. The van der Waals surface area contributed by atoms with Crippen molar-refractivity contribution in [2.24, 2.45) is 5.41 Å². The molecule has 3 heteroatoms. The Kier molecular flexibility index (Phi) is 3.91. The molecule has 0 saturated heterocycles. The third-order valence-electron chi connectivity index (χ3n) is 2.02. The fourth-order valence-electron chi connectivity index (χ4n) is 1.05. The van der Waals surface area contributed by atoms with E-state index in [0.717, 1.165) is 16.6 Å². The monoisotopic (exact) mass is 269 g/mol. The fourth-order valence-corrected chi connectivity index (χ4v) is 1.40. The molecule has 0 aliphatic rings. The van der Waals surface area contributed by atoms with Crippen molar-refractivity contribution in [1.29, 1.82) is 0 Å². The molecule has 82 valence electrons. The molecule has 1 aromatic rings. The van der Waals surface area contributed by atoms with Gasteiger partial charge in [0.15, 0.2) is 0 Å². The molecule has 0 radical (unpaired) electrons. The topological polar surface area (TPSA) is 29.1 Å². The SMILES string of the molecule is CC(C)(C)C(=O)Nc1cccc(CBr)c1. The van der Waals surface area contributed by atoms with Gasteiger partial charge >= 0.3 is 0 Å². The van der Waals surface area contributed by atoms with E-state index in [-0.39, 0.29) is 11.3 Å². The van der Waals surface area contributed by atoms with Crippen LogP contribution in [0, 0.1) is 5.41 Å². The van der Waals surface area contributed by atoms with Gasteiger partial charge in [-0.1, -0.05) is 48.8 Å². The minimum Gasteiger partial charge on any atom is -0.326 e. The molecule has 0 unspecified atom stereocenters. The number of carbonyl (C=O) groups excluding carboxylic acids is 1. The van der Waals surface area contributed by atoms with Crippen LogP contribution >= 0.6 is 15.9 Å². The van der Waals surface area contributed by atoms with Crippen LogP contribution in [0.1, 0.15) is 26.3 Å². The average molecular weight is 270 g/mol. The van der Waals surface area contributed by atoms with Crippen molar-refractivity contribution in [3.8, 4) is 0 Å². The van der Waals surface area contributed by atoms with Crippen LogP contribution in [-0.4, -0.2) is 5.91 Å². The smallest absolute Gasteiger partial charge is 0.229 e. The molecule has 1 aromatic carbocycles. The Balaban J connectivity index is 2.77. The molecule has 0 fully saturated rings. The van der Waals surface area contributed by atoms with Gasteiger partial charge in [-0.2, -0.15) is 0 Å². The van der Waals surface area contributed by atoms with Gasteiger partial charge in [0.25, 0.3) is 0 Å². The molecule has 1 N–H and O–H groups in total. The number of anilines is 1. The second kappa shape index (κ2) is 4.79. The Morgan fingerprint density at radius 1 is 1.40 bits per heavy atom. The van der Waals surface area contributed by atoms with Crippen molar-refractivity contribution in [3.05, 3.63) is 29.8 Å². The Morgan fingerprint density at radius 2 is 2.07 bits per heavy atom. The zero-order chi connectivity index (χ0) is 11.5. The Labute approximate surface area is 99.2 Å². The van der Waals surface area contributed by atoms with Crippen LogP contribution in [0.25, 0.3) is 0 Å². The first-order chi connectivity index (χ1) is 6.93. The summed E-state index contributed by atoms with van der Waals surface area (Å²) < 4.78 is 0. The molecule has 0 aliphatic carbocycles. The third-order valence-corrected chi connectivity index (χ3v) is 2.67. The highest BCUT2D eigenvalue weighted by atomic mass is 79.9. The van der Waals surface area contributed by atoms with E-state index in [2.05, 4.69) is 21.2 Å². The summed E-state index contributed by atoms with van der Waals surface area (Å²) in [4.78, 5) is 11.7. The maximum absolute atomic E-state index is 11.7. The van der Waals surface area contributed by atoms with Gasteiger partial charge in [-0.15, -0.1) is 0 Å². The molecule has 0 aliphatic heterocycles. The molecule has 1 amide bonds. The van der Waals surface area contributed by atoms with Crippen LogP contribution < -0.4 is 5.32 Å². The van der Waals surface area contributed by atoms with Crippen molar-refractivity contribution in [2.75, 3.05) is 5.32 Å². The van der Waals surface area contributed by atoms with Gasteiger partial charge in [0, 0.05) is 16.4 Å². The zero-order valence-corrected chi connectivity index (χ0v) is 10.9. The number of rotatable bonds is 2. The predicted molar refractivity (Wildman–Crippen MR) is 67.2 cm³/mol. The predicted octanol–water partition coefficient (Wildman–Crippen LogP) is 3.57. The molecule has 1 rings (SSSR count). The van der Waals surface area contributed by atoms with Gasteiger partial charge in [-0.3, -0.25) is 4.79 Å². The lowest BCUT2D eigenvalue weighted by Gasteiger charge is -2.17. The minimum absolute atomic E-state index is 0.0363. The van der Waals surface area contributed by atoms with Gasteiger partial charge in [0.05, 0.1) is 0 Å². The summed E-state index contributed by atoms with van der Waals surface area (Å²) in [5, 5.41) is 3.69. The summed E-state index contributed by atoms with van der Waals surface area (Å²) >= 11 is 3.38. The summed E-state index contributed by atoms with van der Waals surface area (Å²) in [6.07, 6.45) is 0. The Morgan fingerprint density at radius 3 is 2.60 bits per heavy atom. The summed E-state index contributed by atoms with van der Waals surface area (Å²) in [5.41, 5.74) is 1.65. The van der Waals surface area contributed by atoms with Crippen LogP contribution in [0.5, 0.6) is 0 Å². The van der Waals surface area contributed by atoms with Crippen LogP contribution in [-0.2, 0) is 10.1 Å². The van der Waals surface area contributed by atoms with Crippen LogP contribution in [0.15, 0.2) is 24.3 Å². The van der Waals surface area contributed by atoms with E-state index in [0.29, 0.717) is 0 Å². The minimum atomic E-state index is -0.357. The molecular weight excluding hydrogens is 254 g/mol. The number of carbonyl (C=O) groups is 1. The normalized spacial score (nSPS) is 11.2. The second-order valence-electron chi connectivity index (χ2n) is 4.54. The standard InChI is InChI=1S/C12H16BrNO/c1-12(2,3)11(15)14-10-6-4-5-9(7-10)8-13/h4-7H,8H2,1-3H3,(H,14,15). The van der Waals surface area contributed by atoms with Crippen LogP contribution in [0.2, 0.25) is 0 Å². The maximum Gasteiger partial charge on any atom is 0.229 e. The average Bonchev–Trinajstić information content (AvgIpc) is 2.16. The number of alkyl halides is 1. The van der Waals surface area contributed by atoms with E-state index in [9.17, 15) is 4.79 Å². The Hall–Kier alpha value is -0.830. The lowest BCUT2D eigenvalue weighted by molar-refractivity contribution is -0.123. The number of amides is 1. The summed E-state index contributed by atoms with van der Waals surface area (Å²) in [6, 6.07) is 7.82. The third kappa shape index (κ3) is 3.67. The van der Waals surface area contributed by atoms with Crippen molar-refractivity contribution in [3.63, 3.8) is 0 Å². The summed E-state index contributed by atoms with van der Waals surface area (Å²) in [7, 11) is 0. The zero-order valence-electron chi connectivity index (χ0n) is 9.30. The van der Waals surface area contributed by atoms with Crippen molar-refractivity contribution in [1.82, 2.24) is 0 Å². The highest BCUT2D eigenvalue weighted by Gasteiger charge is 2.20.